The molecule has 2 aromatic rings. The average Bonchev–Trinajstić information content (AvgIpc) is 2.80. The SMILES string of the molecule is Nc1cccc(SCCS(=O)(=O)Nc2cnns2)c1. The largest absolute Gasteiger partial charge is 0.399 e. The first-order valence-corrected chi connectivity index (χ1v) is 8.72. The van der Waals surface area contributed by atoms with Crippen LogP contribution in [0.15, 0.2) is 35.4 Å². The zero-order valence-corrected chi connectivity index (χ0v) is 12.3. The lowest BCUT2D eigenvalue weighted by molar-refractivity contribution is 0.603. The van der Waals surface area contributed by atoms with Gasteiger partial charge in [0.2, 0.25) is 10.0 Å². The van der Waals surface area contributed by atoms with E-state index in [1.807, 2.05) is 18.2 Å². The van der Waals surface area contributed by atoms with Gasteiger partial charge in [0, 0.05) is 27.9 Å². The molecule has 9 heteroatoms. The number of hydrogen-bond donors (Lipinski definition) is 2. The van der Waals surface area contributed by atoms with Crippen molar-refractivity contribution in [3.8, 4) is 0 Å². The van der Waals surface area contributed by atoms with Crippen LogP contribution in [0.25, 0.3) is 0 Å². The van der Waals surface area contributed by atoms with Crippen LogP contribution in [-0.2, 0) is 10.0 Å². The quantitative estimate of drug-likeness (QED) is 0.621. The summed E-state index contributed by atoms with van der Waals surface area (Å²) < 4.78 is 29.5. The lowest BCUT2D eigenvalue weighted by Crippen LogP contribution is -2.17. The molecule has 1 heterocycles. The molecule has 6 nitrogen and oxygen atoms in total. The molecule has 0 saturated heterocycles. The summed E-state index contributed by atoms with van der Waals surface area (Å²) in [5, 5.41) is 3.99. The van der Waals surface area contributed by atoms with Crippen LogP contribution >= 0.6 is 23.3 Å². The van der Waals surface area contributed by atoms with E-state index in [-0.39, 0.29) is 5.75 Å². The van der Waals surface area contributed by atoms with E-state index in [4.69, 9.17) is 5.73 Å². The Morgan fingerprint density at radius 2 is 2.26 bits per heavy atom. The first-order chi connectivity index (χ1) is 9.05. The fraction of sp³-hybridized carbons (Fsp3) is 0.200. The smallest absolute Gasteiger partial charge is 0.234 e. The van der Waals surface area contributed by atoms with E-state index in [1.165, 1.54) is 18.0 Å². The van der Waals surface area contributed by atoms with Gasteiger partial charge >= 0.3 is 0 Å². The first-order valence-electron chi connectivity index (χ1n) is 5.31. The van der Waals surface area contributed by atoms with Gasteiger partial charge in [0.15, 0.2) is 0 Å². The highest BCUT2D eigenvalue weighted by Crippen LogP contribution is 2.20. The van der Waals surface area contributed by atoms with E-state index >= 15 is 0 Å². The molecule has 0 aliphatic carbocycles. The Bertz CT molecular complexity index is 628. The molecule has 0 spiro atoms. The lowest BCUT2D eigenvalue weighted by Gasteiger charge is -2.05. The van der Waals surface area contributed by atoms with Gasteiger partial charge in [-0.05, 0) is 18.2 Å². The summed E-state index contributed by atoms with van der Waals surface area (Å²) in [5.41, 5.74) is 6.32. The van der Waals surface area contributed by atoms with Crippen molar-refractivity contribution in [1.82, 2.24) is 9.59 Å². The van der Waals surface area contributed by atoms with Gasteiger partial charge in [0.05, 0.1) is 11.9 Å². The summed E-state index contributed by atoms with van der Waals surface area (Å²) >= 11 is 2.45. The highest BCUT2D eigenvalue weighted by atomic mass is 32.2. The van der Waals surface area contributed by atoms with Gasteiger partial charge in [-0.1, -0.05) is 10.6 Å². The van der Waals surface area contributed by atoms with Crippen molar-refractivity contribution in [3.05, 3.63) is 30.5 Å². The number of anilines is 2. The molecule has 0 amide bonds. The van der Waals surface area contributed by atoms with Crippen molar-refractivity contribution in [2.24, 2.45) is 0 Å². The van der Waals surface area contributed by atoms with Crippen molar-refractivity contribution in [1.29, 1.82) is 0 Å². The van der Waals surface area contributed by atoms with Crippen LogP contribution in [0.3, 0.4) is 0 Å². The third-order valence-electron chi connectivity index (χ3n) is 2.10. The minimum atomic E-state index is -3.36. The second kappa shape index (κ2) is 6.22. The van der Waals surface area contributed by atoms with Crippen molar-refractivity contribution >= 4 is 44.0 Å². The number of nitrogens with one attached hydrogen (secondary N) is 1. The molecule has 0 radical (unpaired) electrons. The van der Waals surface area contributed by atoms with Crippen LogP contribution in [0.1, 0.15) is 0 Å². The summed E-state index contributed by atoms with van der Waals surface area (Å²) in [5.74, 6) is 0.468. The minimum absolute atomic E-state index is 0.0182. The van der Waals surface area contributed by atoms with E-state index < -0.39 is 10.0 Å². The summed E-state index contributed by atoms with van der Waals surface area (Å²) in [6.45, 7) is 0. The number of nitrogens with zero attached hydrogens (tertiary/aromatic N) is 2. The van der Waals surface area contributed by atoms with Gasteiger partial charge in [-0.15, -0.1) is 16.9 Å². The molecule has 3 N–H and O–H groups in total. The number of hydrogen-bond acceptors (Lipinski definition) is 7. The van der Waals surface area contributed by atoms with Gasteiger partial charge in [0.1, 0.15) is 5.00 Å². The highest BCUT2D eigenvalue weighted by Gasteiger charge is 2.11. The zero-order chi connectivity index (χ0) is 13.7. The van der Waals surface area contributed by atoms with Crippen molar-refractivity contribution < 1.29 is 8.42 Å². The number of nitrogens with two attached hydrogens (primary N) is 1. The number of sulfonamides is 1. The Morgan fingerprint density at radius 3 is 2.95 bits per heavy atom. The van der Waals surface area contributed by atoms with Gasteiger partial charge in [0.25, 0.3) is 0 Å². The molecule has 0 saturated carbocycles. The number of rotatable bonds is 6. The fourth-order valence-corrected chi connectivity index (χ4v) is 4.40. The van der Waals surface area contributed by atoms with Crippen molar-refractivity contribution in [2.45, 2.75) is 4.90 Å². The molecule has 0 bridgehead atoms. The highest BCUT2D eigenvalue weighted by molar-refractivity contribution is 8.01. The summed E-state index contributed by atoms with van der Waals surface area (Å²) in [6, 6.07) is 7.35. The molecule has 19 heavy (non-hydrogen) atoms. The number of nitrogen functional groups attached to an aromatic ring is 1. The fourth-order valence-electron chi connectivity index (χ4n) is 1.29. The average molecular weight is 316 g/mol. The van der Waals surface area contributed by atoms with Gasteiger partial charge in [-0.3, -0.25) is 4.72 Å². The van der Waals surface area contributed by atoms with E-state index in [0.717, 1.165) is 16.4 Å². The summed E-state index contributed by atoms with van der Waals surface area (Å²) in [6.07, 6.45) is 1.38. The van der Waals surface area contributed by atoms with Crippen LogP contribution in [0.2, 0.25) is 0 Å². The van der Waals surface area contributed by atoms with E-state index in [2.05, 4.69) is 14.3 Å². The number of aromatic nitrogens is 2. The molecule has 0 unspecified atom stereocenters. The standard InChI is InChI=1S/C10H12N4O2S3/c11-8-2-1-3-9(6-8)17-4-5-19(15,16)13-10-7-12-14-18-10/h1-3,6-7,13H,4-5,11H2. The maximum absolute atomic E-state index is 11.8. The molecule has 1 aromatic heterocycles. The number of benzene rings is 1. The normalized spacial score (nSPS) is 11.4. The predicted octanol–water partition coefficient (Wildman–Crippen LogP) is 1.65. The molecule has 0 atom stereocenters. The van der Waals surface area contributed by atoms with Crippen LogP contribution in [-0.4, -0.2) is 29.5 Å². The third-order valence-corrected chi connectivity index (χ3v) is 5.33. The van der Waals surface area contributed by atoms with Crippen LogP contribution in [0.5, 0.6) is 0 Å². The second-order valence-electron chi connectivity index (χ2n) is 3.62. The molecular weight excluding hydrogens is 304 g/mol. The number of thioether (sulfide) groups is 1. The summed E-state index contributed by atoms with van der Waals surface area (Å²) in [7, 11) is -3.36. The zero-order valence-electron chi connectivity index (χ0n) is 9.81. The Morgan fingerprint density at radius 1 is 1.42 bits per heavy atom. The molecule has 0 aliphatic heterocycles. The van der Waals surface area contributed by atoms with E-state index in [0.29, 0.717) is 16.4 Å². The van der Waals surface area contributed by atoms with Crippen LogP contribution < -0.4 is 10.5 Å². The maximum atomic E-state index is 11.8. The van der Waals surface area contributed by atoms with Gasteiger partial charge in [-0.2, -0.15) is 0 Å². The van der Waals surface area contributed by atoms with E-state index in [1.54, 1.807) is 6.07 Å². The Hall–Kier alpha value is -1.32. The van der Waals surface area contributed by atoms with Crippen LogP contribution in [0.4, 0.5) is 10.7 Å². The molecule has 2 rings (SSSR count). The molecular formula is C10H12N4O2S3. The molecule has 0 aliphatic rings. The second-order valence-corrected chi connectivity index (χ2v) is 7.42. The monoisotopic (exact) mass is 316 g/mol. The molecule has 1 aromatic carbocycles. The van der Waals surface area contributed by atoms with E-state index in [9.17, 15) is 8.42 Å². The first kappa shape index (κ1) is 14.1. The Labute approximate surface area is 119 Å². The predicted molar refractivity (Wildman–Crippen MR) is 78.9 cm³/mol. The van der Waals surface area contributed by atoms with Crippen molar-refractivity contribution in [3.63, 3.8) is 0 Å². The summed E-state index contributed by atoms with van der Waals surface area (Å²) in [4.78, 5) is 0.953. The Kier molecular flexibility index (Phi) is 4.61. The third kappa shape index (κ3) is 4.69. The Balaban J connectivity index is 1.85. The lowest BCUT2D eigenvalue weighted by atomic mass is 10.3. The van der Waals surface area contributed by atoms with Crippen molar-refractivity contribution in [2.75, 3.05) is 22.0 Å². The molecule has 0 fully saturated rings. The maximum Gasteiger partial charge on any atom is 0.234 e. The van der Waals surface area contributed by atoms with Gasteiger partial charge < -0.3 is 5.73 Å². The minimum Gasteiger partial charge on any atom is -0.399 e. The van der Waals surface area contributed by atoms with Gasteiger partial charge in [-0.25, -0.2) is 8.42 Å². The molecule has 102 valence electrons. The topological polar surface area (TPSA) is 98.0 Å². The van der Waals surface area contributed by atoms with Crippen LogP contribution in [0, 0.1) is 0 Å².